The Hall–Kier alpha value is -1.89. The van der Waals surface area contributed by atoms with E-state index in [-0.39, 0.29) is 5.91 Å². The van der Waals surface area contributed by atoms with E-state index in [2.05, 4.69) is 21.9 Å². The lowest BCUT2D eigenvalue weighted by Crippen LogP contribution is -2.49. The summed E-state index contributed by atoms with van der Waals surface area (Å²) < 4.78 is 1.67. The average molecular weight is 305 g/mol. The van der Waals surface area contributed by atoms with Crippen LogP contribution in [-0.4, -0.2) is 51.8 Å². The van der Waals surface area contributed by atoms with Crippen molar-refractivity contribution in [3.05, 3.63) is 29.0 Å². The molecule has 0 radical (unpaired) electrons. The summed E-state index contributed by atoms with van der Waals surface area (Å²) in [6, 6.07) is 1.83. The Morgan fingerprint density at radius 3 is 2.62 bits per heavy atom. The molecule has 0 atom stereocenters. The normalized spacial score (nSPS) is 15.5. The number of nitrogens with zero attached hydrogens (tertiary/aromatic N) is 5. The lowest BCUT2D eigenvalue weighted by molar-refractivity contribution is -0.132. The van der Waals surface area contributed by atoms with E-state index in [1.165, 1.54) is 4.88 Å². The molecule has 1 saturated heterocycles. The van der Waals surface area contributed by atoms with Crippen molar-refractivity contribution >= 4 is 22.4 Å². The highest BCUT2D eigenvalue weighted by Crippen LogP contribution is 2.25. The van der Waals surface area contributed by atoms with Gasteiger partial charge in [0.25, 0.3) is 0 Å². The van der Waals surface area contributed by atoms with Crippen molar-refractivity contribution in [1.29, 1.82) is 0 Å². The van der Waals surface area contributed by atoms with E-state index in [0.717, 1.165) is 37.0 Å². The maximum absolute atomic E-state index is 12.2. The van der Waals surface area contributed by atoms with Crippen molar-refractivity contribution in [3.63, 3.8) is 0 Å². The van der Waals surface area contributed by atoms with Gasteiger partial charge in [0.2, 0.25) is 5.91 Å². The Morgan fingerprint density at radius 2 is 2.05 bits per heavy atom. The fourth-order valence-electron chi connectivity index (χ4n) is 2.37. The van der Waals surface area contributed by atoms with Gasteiger partial charge in [0.15, 0.2) is 5.13 Å². The van der Waals surface area contributed by atoms with Crippen LogP contribution >= 0.6 is 11.3 Å². The summed E-state index contributed by atoms with van der Waals surface area (Å²) in [6.07, 6.45) is 3.51. The van der Waals surface area contributed by atoms with Crippen LogP contribution in [0.4, 0.5) is 5.13 Å². The van der Waals surface area contributed by atoms with Crippen LogP contribution in [0.1, 0.15) is 10.6 Å². The molecule has 3 heterocycles. The van der Waals surface area contributed by atoms with Gasteiger partial charge in [0.1, 0.15) is 6.54 Å². The lowest BCUT2D eigenvalue weighted by Gasteiger charge is -2.34. The van der Waals surface area contributed by atoms with Crippen molar-refractivity contribution in [1.82, 2.24) is 19.7 Å². The Balaban J connectivity index is 1.56. The predicted molar refractivity (Wildman–Crippen MR) is 82.6 cm³/mol. The van der Waals surface area contributed by atoms with Crippen LogP contribution in [0, 0.1) is 13.8 Å². The van der Waals surface area contributed by atoms with E-state index in [4.69, 9.17) is 0 Å². The largest absolute Gasteiger partial charge is 0.345 e. The summed E-state index contributed by atoms with van der Waals surface area (Å²) in [4.78, 5) is 22.2. The van der Waals surface area contributed by atoms with E-state index in [1.807, 2.05) is 24.1 Å². The van der Waals surface area contributed by atoms with E-state index in [1.54, 1.807) is 22.2 Å². The van der Waals surface area contributed by atoms with Crippen molar-refractivity contribution in [2.45, 2.75) is 20.4 Å². The minimum Gasteiger partial charge on any atom is -0.345 e. The molecule has 1 fully saturated rings. The number of thiazole rings is 1. The number of anilines is 1. The monoisotopic (exact) mass is 305 g/mol. The third kappa shape index (κ3) is 3.07. The molecule has 1 amide bonds. The molecule has 0 bridgehead atoms. The highest BCUT2D eigenvalue weighted by atomic mass is 32.1. The smallest absolute Gasteiger partial charge is 0.244 e. The summed E-state index contributed by atoms with van der Waals surface area (Å²) in [6.45, 7) is 7.64. The SMILES string of the molecule is Cc1nc(N2CCN(C(=O)Cn3cccn3)CC2)sc1C. The van der Waals surface area contributed by atoms with E-state index < -0.39 is 0 Å². The van der Waals surface area contributed by atoms with Crippen LogP contribution < -0.4 is 4.90 Å². The van der Waals surface area contributed by atoms with Gasteiger partial charge in [-0.25, -0.2) is 4.98 Å². The first-order chi connectivity index (χ1) is 10.1. The van der Waals surface area contributed by atoms with Gasteiger partial charge in [0, 0.05) is 43.4 Å². The molecule has 1 aliphatic heterocycles. The Kier molecular flexibility index (Phi) is 3.92. The quantitative estimate of drug-likeness (QED) is 0.858. The summed E-state index contributed by atoms with van der Waals surface area (Å²) >= 11 is 1.73. The van der Waals surface area contributed by atoms with Crippen molar-refractivity contribution in [2.24, 2.45) is 0 Å². The molecule has 0 unspecified atom stereocenters. The van der Waals surface area contributed by atoms with Crippen molar-refractivity contribution < 1.29 is 4.79 Å². The minimum absolute atomic E-state index is 0.129. The van der Waals surface area contributed by atoms with Crippen LogP contribution in [-0.2, 0) is 11.3 Å². The van der Waals surface area contributed by atoms with Gasteiger partial charge in [-0.05, 0) is 19.9 Å². The molecule has 0 saturated carbocycles. The Morgan fingerprint density at radius 1 is 1.29 bits per heavy atom. The molecule has 21 heavy (non-hydrogen) atoms. The Bertz CT molecular complexity index is 594. The lowest BCUT2D eigenvalue weighted by atomic mass is 10.3. The first kappa shape index (κ1) is 14.1. The van der Waals surface area contributed by atoms with Gasteiger partial charge in [0.05, 0.1) is 5.69 Å². The number of aryl methyl sites for hydroxylation is 2. The third-order valence-corrected chi connectivity index (χ3v) is 4.91. The van der Waals surface area contributed by atoms with E-state index in [9.17, 15) is 4.79 Å². The number of carbonyl (C=O) groups excluding carboxylic acids is 1. The van der Waals surface area contributed by atoms with Gasteiger partial charge in [-0.3, -0.25) is 9.48 Å². The Labute approximate surface area is 128 Å². The number of aromatic nitrogens is 3. The van der Waals surface area contributed by atoms with Crippen LogP contribution in [0.3, 0.4) is 0 Å². The number of piperazine rings is 1. The van der Waals surface area contributed by atoms with Gasteiger partial charge in [-0.1, -0.05) is 0 Å². The van der Waals surface area contributed by atoms with Gasteiger partial charge >= 0.3 is 0 Å². The molecule has 0 aliphatic carbocycles. The second-order valence-electron chi connectivity index (χ2n) is 5.21. The van der Waals surface area contributed by atoms with Crippen molar-refractivity contribution in [2.75, 3.05) is 31.1 Å². The van der Waals surface area contributed by atoms with Crippen LogP contribution in [0.2, 0.25) is 0 Å². The maximum Gasteiger partial charge on any atom is 0.244 e. The number of hydrogen-bond donors (Lipinski definition) is 0. The predicted octanol–water partition coefficient (Wildman–Crippen LogP) is 1.31. The number of hydrogen-bond acceptors (Lipinski definition) is 5. The van der Waals surface area contributed by atoms with Crippen LogP contribution in [0.15, 0.2) is 18.5 Å². The van der Waals surface area contributed by atoms with Gasteiger partial charge in [-0.2, -0.15) is 5.10 Å². The van der Waals surface area contributed by atoms with E-state index >= 15 is 0 Å². The molecule has 112 valence electrons. The molecule has 0 spiro atoms. The zero-order chi connectivity index (χ0) is 14.8. The van der Waals surface area contributed by atoms with Crippen molar-refractivity contribution in [3.8, 4) is 0 Å². The van der Waals surface area contributed by atoms with Gasteiger partial charge in [-0.15, -0.1) is 11.3 Å². The summed E-state index contributed by atoms with van der Waals surface area (Å²) in [7, 11) is 0. The summed E-state index contributed by atoms with van der Waals surface area (Å²) in [5.74, 6) is 0.129. The number of carbonyl (C=O) groups is 1. The summed E-state index contributed by atoms with van der Waals surface area (Å²) in [5, 5.41) is 5.15. The zero-order valence-corrected chi connectivity index (χ0v) is 13.1. The topological polar surface area (TPSA) is 54.3 Å². The molecule has 2 aromatic rings. The molecule has 0 aromatic carbocycles. The molecule has 6 nitrogen and oxygen atoms in total. The fourth-order valence-corrected chi connectivity index (χ4v) is 3.33. The highest BCUT2D eigenvalue weighted by molar-refractivity contribution is 7.15. The third-order valence-electron chi connectivity index (χ3n) is 3.78. The van der Waals surface area contributed by atoms with E-state index in [0.29, 0.717) is 6.54 Å². The molecule has 0 N–H and O–H groups in total. The number of rotatable bonds is 3. The molecule has 2 aromatic heterocycles. The minimum atomic E-state index is 0.129. The van der Waals surface area contributed by atoms with Crippen LogP contribution in [0.25, 0.3) is 0 Å². The average Bonchev–Trinajstić information content (AvgIpc) is 3.10. The first-order valence-electron chi connectivity index (χ1n) is 7.07. The molecule has 3 rings (SSSR count). The zero-order valence-electron chi connectivity index (χ0n) is 12.3. The maximum atomic E-state index is 12.2. The fraction of sp³-hybridized carbons (Fsp3) is 0.500. The highest BCUT2D eigenvalue weighted by Gasteiger charge is 2.23. The molecule has 7 heteroatoms. The van der Waals surface area contributed by atoms with Crippen LogP contribution in [0.5, 0.6) is 0 Å². The second-order valence-corrected chi connectivity index (χ2v) is 6.39. The standard InChI is InChI=1S/C14H19N5OS/c1-11-12(2)21-14(16-11)18-8-6-17(7-9-18)13(20)10-19-5-3-4-15-19/h3-5H,6-10H2,1-2H3. The van der Waals surface area contributed by atoms with Gasteiger partial charge < -0.3 is 9.80 Å². The second kappa shape index (κ2) is 5.85. The first-order valence-corrected chi connectivity index (χ1v) is 7.89. The number of amides is 1. The summed E-state index contributed by atoms with van der Waals surface area (Å²) in [5.41, 5.74) is 1.10. The molecule has 1 aliphatic rings. The molecular weight excluding hydrogens is 286 g/mol. The molecular formula is C14H19N5OS.